The topological polar surface area (TPSA) is 75.6 Å². The number of amides is 1. The van der Waals surface area contributed by atoms with E-state index in [4.69, 9.17) is 16.3 Å². The number of halogens is 1. The van der Waals surface area contributed by atoms with Gasteiger partial charge in [0.15, 0.2) is 0 Å². The van der Waals surface area contributed by atoms with E-state index >= 15 is 0 Å². The molecule has 0 radical (unpaired) electrons. The summed E-state index contributed by atoms with van der Waals surface area (Å²) in [6.45, 7) is 2.04. The number of aromatic nitrogens is 2. The zero-order chi connectivity index (χ0) is 18.8. The van der Waals surface area contributed by atoms with E-state index in [1.54, 1.807) is 11.0 Å². The zero-order valence-corrected chi connectivity index (χ0v) is 15.2. The lowest BCUT2D eigenvalue weighted by atomic mass is 10.1. The van der Waals surface area contributed by atoms with Gasteiger partial charge in [-0.3, -0.25) is 4.79 Å². The second-order valence-electron chi connectivity index (χ2n) is 6.30. The van der Waals surface area contributed by atoms with E-state index in [9.17, 15) is 9.59 Å². The van der Waals surface area contributed by atoms with Crippen LogP contribution in [-0.2, 0) is 9.53 Å². The minimum absolute atomic E-state index is 0.0158. The van der Waals surface area contributed by atoms with E-state index in [1.165, 1.54) is 12.4 Å². The summed E-state index contributed by atoms with van der Waals surface area (Å²) >= 11 is 5.80. The maximum atomic E-state index is 12.4. The smallest absolute Gasteiger partial charge is 0.344 e. The van der Waals surface area contributed by atoms with Gasteiger partial charge in [-0.05, 0) is 18.6 Å². The van der Waals surface area contributed by atoms with Gasteiger partial charge in [-0.15, -0.1) is 0 Å². The molecule has 1 fully saturated rings. The normalized spacial score (nSPS) is 18.0. The first kappa shape index (κ1) is 17.5. The van der Waals surface area contributed by atoms with E-state index in [2.05, 4.69) is 9.97 Å². The van der Waals surface area contributed by atoms with Gasteiger partial charge in [-0.1, -0.05) is 29.8 Å². The fourth-order valence-electron chi connectivity index (χ4n) is 3.17. The van der Waals surface area contributed by atoms with Crippen molar-refractivity contribution in [2.45, 2.75) is 6.42 Å². The number of piperazine rings is 1. The standard InChI is InChI=1S/C19H17ClN4O3/c20-13-10-21-19(22-11-13)24-9-8-23(17(25)12-24)7-3-6-16-14-4-1-2-5-15(14)18(26)27-16/h1-2,4-6,10-11H,3,7-9,12H2. The second-order valence-corrected chi connectivity index (χ2v) is 6.73. The van der Waals surface area contributed by atoms with Crippen LogP contribution in [-0.4, -0.2) is 52.9 Å². The molecule has 1 amide bonds. The molecule has 2 aromatic rings. The molecule has 3 heterocycles. The zero-order valence-electron chi connectivity index (χ0n) is 14.5. The van der Waals surface area contributed by atoms with Gasteiger partial charge in [0, 0.05) is 25.2 Å². The molecule has 27 heavy (non-hydrogen) atoms. The Bertz CT molecular complexity index is 913. The van der Waals surface area contributed by atoms with Crippen LogP contribution < -0.4 is 4.90 Å². The van der Waals surface area contributed by atoms with Crippen LogP contribution in [0.2, 0.25) is 5.02 Å². The Labute approximate surface area is 161 Å². The van der Waals surface area contributed by atoms with E-state index in [0.29, 0.717) is 48.3 Å². The predicted molar refractivity (Wildman–Crippen MR) is 100 cm³/mol. The summed E-state index contributed by atoms with van der Waals surface area (Å²) in [7, 11) is 0. The molecule has 0 atom stereocenters. The highest BCUT2D eigenvalue weighted by Crippen LogP contribution is 2.29. The third-order valence-electron chi connectivity index (χ3n) is 4.55. The molecule has 0 unspecified atom stereocenters. The number of esters is 1. The lowest BCUT2D eigenvalue weighted by Gasteiger charge is -2.34. The van der Waals surface area contributed by atoms with E-state index in [1.807, 2.05) is 29.2 Å². The van der Waals surface area contributed by atoms with Gasteiger partial charge in [0.2, 0.25) is 11.9 Å². The number of nitrogens with zero attached hydrogens (tertiary/aromatic N) is 4. The third-order valence-corrected chi connectivity index (χ3v) is 4.75. The molecule has 7 nitrogen and oxygen atoms in total. The quantitative estimate of drug-likeness (QED) is 0.753. The molecular formula is C19H17ClN4O3. The number of hydrogen-bond donors (Lipinski definition) is 0. The van der Waals surface area contributed by atoms with Gasteiger partial charge in [0.1, 0.15) is 5.76 Å². The maximum absolute atomic E-state index is 12.4. The second kappa shape index (κ2) is 7.36. The number of ether oxygens (including phenoxy) is 1. The number of rotatable bonds is 4. The van der Waals surface area contributed by atoms with Crippen molar-refractivity contribution in [3.05, 3.63) is 58.9 Å². The Balaban J connectivity index is 1.35. The first-order valence-corrected chi connectivity index (χ1v) is 9.01. The minimum atomic E-state index is -0.329. The first-order chi connectivity index (χ1) is 13.1. The van der Waals surface area contributed by atoms with Gasteiger partial charge >= 0.3 is 5.97 Å². The molecule has 4 rings (SSSR count). The van der Waals surface area contributed by atoms with Gasteiger partial charge in [-0.2, -0.15) is 0 Å². The molecule has 0 aliphatic carbocycles. The van der Waals surface area contributed by atoms with E-state index in [-0.39, 0.29) is 18.4 Å². The molecule has 0 N–H and O–H groups in total. The van der Waals surface area contributed by atoms with Gasteiger partial charge in [0.25, 0.3) is 0 Å². The summed E-state index contributed by atoms with van der Waals surface area (Å²) in [5.41, 5.74) is 1.38. The molecule has 0 saturated carbocycles. The highest BCUT2D eigenvalue weighted by Gasteiger charge is 2.27. The Morgan fingerprint density at radius 2 is 1.85 bits per heavy atom. The molecule has 1 aromatic carbocycles. The van der Waals surface area contributed by atoms with E-state index < -0.39 is 0 Å². The molecule has 0 bridgehead atoms. The fraction of sp³-hybridized carbons (Fsp3) is 0.263. The Morgan fingerprint density at radius 1 is 1.11 bits per heavy atom. The van der Waals surface area contributed by atoms with Crippen LogP contribution in [0.1, 0.15) is 22.3 Å². The van der Waals surface area contributed by atoms with Gasteiger partial charge < -0.3 is 14.5 Å². The summed E-state index contributed by atoms with van der Waals surface area (Å²) in [6, 6.07) is 7.30. The lowest BCUT2D eigenvalue weighted by molar-refractivity contribution is -0.130. The van der Waals surface area contributed by atoms with Crippen LogP contribution >= 0.6 is 11.6 Å². The lowest BCUT2D eigenvalue weighted by Crippen LogP contribution is -2.51. The fourth-order valence-corrected chi connectivity index (χ4v) is 3.27. The van der Waals surface area contributed by atoms with Crippen LogP contribution in [0.4, 0.5) is 5.95 Å². The molecule has 1 saturated heterocycles. The van der Waals surface area contributed by atoms with Crippen molar-refractivity contribution in [1.82, 2.24) is 14.9 Å². The number of carbonyl (C=O) groups is 2. The van der Waals surface area contributed by atoms with Crippen LogP contribution in [0.25, 0.3) is 5.76 Å². The molecule has 0 spiro atoms. The summed E-state index contributed by atoms with van der Waals surface area (Å²) in [5.74, 6) is 0.756. The van der Waals surface area contributed by atoms with Gasteiger partial charge in [-0.25, -0.2) is 14.8 Å². The average Bonchev–Trinajstić information content (AvgIpc) is 3.00. The number of cyclic esters (lactones) is 1. The molecule has 8 heteroatoms. The number of anilines is 1. The first-order valence-electron chi connectivity index (χ1n) is 8.64. The van der Waals surface area contributed by atoms with Crippen molar-refractivity contribution < 1.29 is 14.3 Å². The van der Waals surface area contributed by atoms with Crippen molar-refractivity contribution >= 4 is 35.2 Å². The number of hydrogen-bond acceptors (Lipinski definition) is 6. The molecular weight excluding hydrogens is 368 g/mol. The Morgan fingerprint density at radius 3 is 2.59 bits per heavy atom. The van der Waals surface area contributed by atoms with Crippen molar-refractivity contribution in [2.24, 2.45) is 0 Å². The molecule has 1 aromatic heterocycles. The maximum Gasteiger partial charge on any atom is 0.344 e. The van der Waals surface area contributed by atoms with Gasteiger partial charge in [0.05, 0.1) is 29.5 Å². The number of fused-ring (bicyclic) bond motifs is 1. The summed E-state index contributed by atoms with van der Waals surface area (Å²) in [4.78, 5) is 36.2. The van der Waals surface area contributed by atoms with Crippen molar-refractivity contribution in [3.8, 4) is 0 Å². The van der Waals surface area contributed by atoms with Crippen molar-refractivity contribution in [3.63, 3.8) is 0 Å². The van der Waals surface area contributed by atoms with Crippen LogP contribution in [0.15, 0.2) is 42.7 Å². The summed E-state index contributed by atoms with van der Waals surface area (Å²) in [6.07, 6.45) is 5.52. The van der Waals surface area contributed by atoms with Crippen molar-refractivity contribution in [2.75, 3.05) is 31.1 Å². The number of benzene rings is 1. The van der Waals surface area contributed by atoms with Crippen LogP contribution in [0.3, 0.4) is 0 Å². The third kappa shape index (κ3) is 3.64. The minimum Gasteiger partial charge on any atom is -0.423 e. The Kier molecular flexibility index (Phi) is 4.77. The molecule has 2 aliphatic heterocycles. The van der Waals surface area contributed by atoms with E-state index in [0.717, 1.165) is 5.56 Å². The van der Waals surface area contributed by atoms with Crippen molar-refractivity contribution in [1.29, 1.82) is 0 Å². The summed E-state index contributed by atoms with van der Waals surface area (Å²) in [5, 5.41) is 0.464. The molecule has 138 valence electrons. The monoisotopic (exact) mass is 384 g/mol. The largest absolute Gasteiger partial charge is 0.423 e. The Hall–Kier alpha value is -2.93. The average molecular weight is 385 g/mol. The molecule has 2 aliphatic rings. The highest BCUT2D eigenvalue weighted by atomic mass is 35.5. The van der Waals surface area contributed by atoms with Crippen LogP contribution in [0, 0.1) is 0 Å². The SMILES string of the molecule is O=C1OC(=CCCN2CCN(c3ncc(Cl)cn3)CC2=O)c2ccccc21. The summed E-state index contributed by atoms with van der Waals surface area (Å²) < 4.78 is 5.32. The highest BCUT2D eigenvalue weighted by molar-refractivity contribution is 6.30. The predicted octanol–water partition coefficient (Wildman–Crippen LogP) is 2.38. The number of carbonyl (C=O) groups excluding carboxylic acids is 2. The van der Waals surface area contributed by atoms with Crippen LogP contribution in [0.5, 0.6) is 0 Å².